The van der Waals surface area contributed by atoms with Crippen LogP contribution in [0.25, 0.3) is 10.9 Å². The normalized spacial score (nSPS) is 13.3. The summed E-state index contributed by atoms with van der Waals surface area (Å²) >= 11 is 6.44. The molecule has 1 saturated heterocycles. The third-order valence-electron chi connectivity index (χ3n) is 5.77. The molecule has 0 spiro atoms. The van der Waals surface area contributed by atoms with Crippen molar-refractivity contribution in [1.82, 2.24) is 19.9 Å². The number of aromatic nitrogens is 3. The monoisotopic (exact) mass is 506 g/mol. The van der Waals surface area contributed by atoms with E-state index < -0.39 is 6.09 Å². The molecule has 0 atom stereocenters. The fourth-order valence-electron chi connectivity index (χ4n) is 3.83. The summed E-state index contributed by atoms with van der Waals surface area (Å²) in [5.74, 6) is 1.75. The zero-order valence-corrected chi connectivity index (χ0v) is 19.9. The van der Waals surface area contributed by atoms with E-state index in [9.17, 15) is 4.79 Å². The molecule has 0 radical (unpaired) electrons. The number of hydrogen-bond donors (Lipinski definition) is 3. The van der Waals surface area contributed by atoms with E-state index in [0.29, 0.717) is 59.8 Å². The van der Waals surface area contributed by atoms with Gasteiger partial charge in [0.15, 0.2) is 0 Å². The van der Waals surface area contributed by atoms with Gasteiger partial charge >= 0.3 is 6.09 Å². The van der Waals surface area contributed by atoms with E-state index in [4.69, 9.17) is 31.9 Å². The Morgan fingerprint density at radius 2 is 1.97 bits per heavy atom. The third kappa shape index (κ3) is 5.18. The summed E-state index contributed by atoms with van der Waals surface area (Å²) in [6.07, 6.45) is 2.25. The van der Waals surface area contributed by atoms with Gasteiger partial charge < -0.3 is 30.5 Å². The number of hydrogen-bond acceptors (Lipinski definition) is 8. The van der Waals surface area contributed by atoms with Gasteiger partial charge in [0.05, 0.1) is 28.5 Å². The van der Waals surface area contributed by atoms with Crippen LogP contribution < -0.4 is 20.5 Å². The van der Waals surface area contributed by atoms with Gasteiger partial charge in [-0.1, -0.05) is 17.7 Å². The summed E-state index contributed by atoms with van der Waals surface area (Å²) in [6, 6.07) is 14.5. The van der Waals surface area contributed by atoms with Crippen LogP contribution in [0.2, 0.25) is 5.02 Å². The molecule has 4 N–H and O–H groups in total. The Labute approximate surface area is 211 Å². The van der Waals surface area contributed by atoms with Gasteiger partial charge in [-0.3, -0.25) is 4.98 Å². The Morgan fingerprint density at radius 3 is 2.72 bits per heavy atom. The van der Waals surface area contributed by atoms with E-state index in [0.717, 1.165) is 16.8 Å². The number of fused-ring (bicyclic) bond motifs is 1. The van der Waals surface area contributed by atoms with Gasteiger partial charge in [0, 0.05) is 42.3 Å². The van der Waals surface area contributed by atoms with Crippen molar-refractivity contribution in [3.05, 3.63) is 71.8 Å². The maximum Gasteiger partial charge on any atom is 0.407 e. The van der Waals surface area contributed by atoms with Crippen LogP contribution in [0.3, 0.4) is 0 Å². The minimum atomic E-state index is -0.916. The molecule has 1 aliphatic heterocycles. The van der Waals surface area contributed by atoms with Crippen molar-refractivity contribution >= 4 is 45.8 Å². The van der Waals surface area contributed by atoms with Gasteiger partial charge in [-0.15, -0.1) is 0 Å². The largest absolute Gasteiger partial charge is 0.491 e. The number of rotatable bonds is 8. The number of amides is 1. The van der Waals surface area contributed by atoms with Gasteiger partial charge in [-0.05, 0) is 36.4 Å². The van der Waals surface area contributed by atoms with Crippen LogP contribution in [0.5, 0.6) is 11.5 Å². The number of nitrogens with zero attached hydrogens (tertiary/aromatic N) is 4. The lowest BCUT2D eigenvalue weighted by molar-refractivity contribution is 0.0587. The number of anilines is 3. The predicted molar refractivity (Wildman–Crippen MR) is 136 cm³/mol. The first kappa shape index (κ1) is 23.4. The molecule has 10 nitrogen and oxygen atoms in total. The highest BCUT2D eigenvalue weighted by Crippen LogP contribution is 2.34. The van der Waals surface area contributed by atoms with Crippen molar-refractivity contribution in [2.45, 2.75) is 6.61 Å². The highest BCUT2D eigenvalue weighted by atomic mass is 35.5. The maximum atomic E-state index is 10.9. The molecule has 2 aromatic heterocycles. The Bertz CT molecular complexity index is 1400. The van der Waals surface area contributed by atoms with Gasteiger partial charge in [0.25, 0.3) is 0 Å². The number of ether oxygens (including phenoxy) is 2. The average molecular weight is 507 g/mol. The lowest BCUT2D eigenvalue weighted by Crippen LogP contribution is -2.51. The fraction of sp³-hybridized carbons (Fsp3) is 0.200. The molecule has 0 bridgehead atoms. The number of benzene rings is 2. The second-order valence-corrected chi connectivity index (χ2v) is 8.78. The lowest BCUT2D eigenvalue weighted by Gasteiger charge is -2.36. The summed E-state index contributed by atoms with van der Waals surface area (Å²) in [5, 5.41) is 13.4. The van der Waals surface area contributed by atoms with Crippen molar-refractivity contribution in [3.63, 3.8) is 0 Å². The fourth-order valence-corrected chi connectivity index (χ4v) is 4.07. The topological polar surface area (TPSA) is 136 Å². The van der Waals surface area contributed by atoms with Crippen LogP contribution in [0.15, 0.2) is 61.1 Å². The number of likely N-dealkylation sites (tertiary alicyclic amines) is 1. The highest BCUT2D eigenvalue weighted by Gasteiger charge is 2.31. The second-order valence-electron chi connectivity index (χ2n) is 8.37. The third-order valence-corrected chi connectivity index (χ3v) is 6.06. The molecule has 1 amide bonds. The quantitative estimate of drug-likeness (QED) is 0.293. The van der Waals surface area contributed by atoms with Gasteiger partial charge in [-0.25, -0.2) is 14.8 Å². The molecule has 1 aliphatic rings. The Kier molecular flexibility index (Phi) is 6.59. The number of carboxylic acid groups (broad SMARTS) is 1. The zero-order chi connectivity index (χ0) is 25.1. The van der Waals surface area contributed by atoms with Gasteiger partial charge in [-0.2, -0.15) is 0 Å². The molecule has 4 aromatic rings. The van der Waals surface area contributed by atoms with Crippen molar-refractivity contribution in [2.24, 2.45) is 5.92 Å². The van der Waals surface area contributed by atoms with Crippen LogP contribution in [-0.2, 0) is 6.61 Å². The van der Waals surface area contributed by atoms with E-state index in [-0.39, 0.29) is 5.92 Å². The smallest absolute Gasteiger partial charge is 0.407 e. The standard InChI is InChI=1S/C25H23ClN6O4/c26-19-7-16(4-5-22(19)36-13-17-3-1-2-6-28-17)31-24-18-8-20(27)23(9-21(18)29-14-30-24)35-12-15-10-32(11-15)25(33)34/h1-9,14-15H,10-13,27H2,(H,33,34)(H,29,30,31). The number of nitrogen functional groups attached to an aromatic ring is 1. The maximum absolute atomic E-state index is 10.9. The van der Waals surface area contributed by atoms with Crippen LogP contribution in [0.4, 0.5) is 22.0 Å². The van der Waals surface area contributed by atoms with Crippen LogP contribution in [0.1, 0.15) is 5.69 Å². The molecule has 36 heavy (non-hydrogen) atoms. The summed E-state index contributed by atoms with van der Waals surface area (Å²) in [5.41, 5.74) is 8.85. The number of nitrogens with one attached hydrogen (secondary N) is 1. The van der Waals surface area contributed by atoms with Crippen LogP contribution in [-0.4, -0.2) is 50.7 Å². The Balaban J connectivity index is 1.27. The molecule has 1 fully saturated rings. The molecule has 11 heteroatoms. The molecule has 3 heterocycles. The number of halogens is 1. The molecule has 5 rings (SSSR count). The van der Waals surface area contributed by atoms with Gasteiger partial charge in [0.2, 0.25) is 0 Å². The predicted octanol–water partition coefficient (Wildman–Crippen LogP) is 4.57. The summed E-state index contributed by atoms with van der Waals surface area (Å²) in [7, 11) is 0. The average Bonchev–Trinajstić information content (AvgIpc) is 2.84. The molecule has 0 aliphatic carbocycles. The molecule has 0 saturated carbocycles. The minimum absolute atomic E-state index is 0.138. The van der Waals surface area contributed by atoms with Gasteiger partial charge in [0.1, 0.15) is 30.3 Å². The number of carbonyl (C=O) groups is 1. The Morgan fingerprint density at radius 1 is 1.11 bits per heavy atom. The minimum Gasteiger partial charge on any atom is -0.491 e. The lowest BCUT2D eigenvalue weighted by atomic mass is 10.0. The summed E-state index contributed by atoms with van der Waals surface area (Å²) in [4.78, 5) is 25.2. The Hall–Kier alpha value is -4.31. The van der Waals surface area contributed by atoms with Crippen molar-refractivity contribution in [1.29, 1.82) is 0 Å². The summed E-state index contributed by atoms with van der Waals surface area (Å²) in [6.45, 7) is 1.60. The van der Waals surface area contributed by atoms with Crippen molar-refractivity contribution in [2.75, 3.05) is 30.7 Å². The van der Waals surface area contributed by atoms with E-state index in [2.05, 4.69) is 20.3 Å². The van der Waals surface area contributed by atoms with Crippen LogP contribution in [0, 0.1) is 5.92 Å². The molecule has 184 valence electrons. The summed E-state index contributed by atoms with van der Waals surface area (Å²) < 4.78 is 11.6. The van der Waals surface area contributed by atoms with E-state index in [1.165, 1.54) is 11.2 Å². The molecular weight excluding hydrogens is 484 g/mol. The zero-order valence-electron chi connectivity index (χ0n) is 19.1. The van der Waals surface area contributed by atoms with E-state index >= 15 is 0 Å². The first-order chi connectivity index (χ1) is 17.5. The second kappa shape index (κ2) is 10.1. The molecular formula is C25H23ClN6O4. The highest BCUT2D eigenvalue weighted by molar-refractivity contribution is 6.32. The van der Waals surface area contributed by atoms with E-state index in [1.807, 2.05) is 24.3 Å². The first-order valence-electron chi connectivity index (χ1n) is 11.2. The molecule has 2 aromatic carbocycles. The molecule has 0 unspecified atom stereocenters. The first-order valence-corrected chi connectivity index (χ1v) is 11.6. The van der Waals surface area contributed by atoms with Crippen LogP contribution >= 0.6 is 11.6 Å². The van der Waals surface area contributed by atoms with Crippen molar-refractivity contribution < 1.29 is 19.4 Å². The number of pyridine rings is 1. The SMILES string of the molecule is Nc1cc2c(Nc3ccc(OCc4ccccn4)c(Cl)c3)ncnc2cc1OCC1CN(C(=O)O)C1. The number of nitrogens with two attached hydrogens (primary N) is 1. The van der Waals surface area contributed by atoms with Crippen molar-refractivity contribution in [3.8, 4) is 11.5 Å². The van der Waals surface area contributed by atoms with E-state index in [1.54, 1.807) is 30.5 Å².